The Hall–Kier alpha value is -3.90. The largest absolute Gasteiger partial charge is 0.457 e. The van der Waals surface area contributed by atoms with E-state index in [9.17, 15) is 9.59 Å². The highest BCUT2D eigenvalue weighted by molar-refractivity contribution is 7.12. The Morgan fingerprint density at radius 3 is 2.40 bits per heavy atom. The summed E-state index contributed by atoms with van der Waals surface area (Å²) in [6.45, 7) is 0. The lowest BCUT2D eigenvalue weighted by molar-refractivity contribution is -0.111. The molecule has 2 aromatic heterocycles. The number of carbonyl (C=O) groups excluding carboxylic acids is 2. The first-order valence-electron chi connectivity index (χ1n) is 9.27. The second-order valence-corrected chi connectivity index (χ2v) is 7.35. The maximum absolute atomic E-state index is 12.3. The molecule has 0 aliphatic carbocycles. The average molecular weight is 414 g/mol. The van der Waals surface area contributed by atoms with Gasteiger partial charge in [-0.1, -0.05) is 42.5 Å². The van der Waals surface area contributed by atoms with Gasteiger partial charge in [0.2, 0.25) is 5.91 Å². The maximum atomic E-state index is 12.3. The fraction of sp³-hybridized carbons (Fsp3) is 0. The van der Waals surface area contributed by atoms with Crippen LogP contribution in [0.25, 0.3) is 17.4 Å². The highest BCUT2D eigenvalue weighted by atomic mass is 32.1. The first kappa shape index (κ1) is 19.4. The topological polar surface area (TPSA) is 71.3 Å². The number of rotatable bonds is 6. The summed E-state index contributed by atoms with van der Waals surface area (Å²) in [7, 11) is 0. The molecule has 30 heavy (non-hydrogen) atoms. The highest BCUT2D eigenvalue weighted by Crippen LogP contribution is 2.22. The van der Waals surface area contributed by atoms with Crippen LogP contribution in [0.1, 0.15) is 15.4 Å². The maximum Gasteiger partial charge on any atom is 0.265 e. The molecule has 2 N–H and O–H groups in total. The third-order valence-corrected chi connectivity index (χ3v) is 5.09. The van der Waals surface area contributed by atoms with Gasteiger partial charge in [0.15, 0.2) is 0 Å². The molecule has 2 aromatic carbocycles. The number of hydrogen-bond acceptors (Lipinski definition) is 4. The quantitative estimate of drug-likeness (QED) is 0.385. The number of benzene rings is 2. The number of nitrogens with one attached hydrogen (secondary N) is 2. The molecule has 6 heteroatoms. The van der Waals surface area contributed by atoms with E-state index in [1.165, 1.54) is 17.4 Å². The number of hydrogen-bond donors (Lipinski definition) is 2. The molecule has 0 atom stereocenters. The van der Waals surface area contributed by atoms with Crippen molar-refractivity contribution >= 4 is 40.6 Å². The van der Waals surface area contributed by atoms with Crippen LogP contribution in [0.3, 0.4) is 0 Å². The lowest BCUT2D eigenvalue weighted by Crippen LogP contribution is -2.11. The third kappa shape index (κ3) is 4.92. The minimum atomic E-state index is -0.297. The van der Waals surface area contributed by atoms with Crippen molar-refractivity contribution in [3.8, 4) is 11.3 Å². The lowest BCUT2D eigenvalue weighted by atomic mass is 10.2. The number of amides is 2. The molecular weight excluding hydrogens is 396 g/mol. The van der Waals surface area contributed by atoms with E-state index in [1.807, 2.05) is 53.9 Å². The highest BCUT2D eigenvalue weighted by Gasteiger charge is 2.08. The molecular formula is C24H18N2O3S. The van der Waals surface area contributed by atoms with E-state index in [2.05, 4.69) is 10.6 Å². The van der Waals surface area contributed by atoms with Crippen molar-refractivity contribution in [1.82, 2.24) is 0 Å². The monoisotopic (exact) mass is 414 g/mol. The zero-order chi connectivity index (χ0) is 20.8. The van der Waals surface area contributed by atoms with Crippen LogP contribution in [0.2, 0.25) is 0 Å². The SMILES string of the molecule is O=C(/C=C/c1ccc(-c2ccccc2)o1)Nc1cccc(NC(=O)c2cccs2)c1. The molecule has 0 aliphatic heterocycles. The third-order valence-electron chi connectivity index (χ3n) is 4.22. The van der Waals surface area contributed by atoms with Crippen molar-refractivity contribution in [3.63, 3.8) is 0 Å². The molecule has 5 nitrogen and oxygen atoms in total. The van der Waals surface area contributed by atoms with E-state index in [-0.39, 0.29) is 11.8 Å². The van der Waals surface area contributed by atoms with E-state index in [4.69, 9.17) is 4.42 Å². The van der Waals surface area contributed by atoms with Crippen LogP contribution < -0.4 is 10.6 Å². The van der Waals surface area contributed by atoms with Gasteiger partial charge in [0.25, 0.3) is 5.91 Å². The Labute approximate surface area is 177 Å². The summed E-state index contributed by atoms with van der Waals surface area (Å²) in [5, 5.41) is 7.45. The van der Waals surface area contributed by atoms with Gasteiger partial charge in [0.1, 0.15) is 11.5 Å². The van der Waals surface area contributed by atoms with Gasteiger partial charge in [-0.15, -0.1) is 11.3 Å². The lowest BCUT2D eigenvalue weighted by Gasteiger charge is -2.07. The number of thiophene rings is 1. The Balaban J connectivity index is 1.37. The van der Waals surface area contributed by atoms with Gasteiger partial charge in [0.05, 0.1) is 4.88 Å². The molecule has 0 bridgehead atoms. The van der Waals surface area contributed by atoms with Gasteiger partial charge in [-0.3, -0.25) is 9.59 Å². The molecule has 2 amide bonds. The molecule has 0 spiro atoms. The second kappa shape index (κ2) is 9.07. The summed E-state index contributed by atoms with van der Waals surface area (Å²) in [4.78, 5) is 25.0. The van der Waals surface area contributed by atoms with Crippen molar-refractivity contribution in [2.75, 3.05) is 10.6 Å². The van der Waals surface area contributed by atoms with E-state index in [1.54, 1.807) is 36.4 Å². The molecule has 2 heterocycles. The van der Waals surface area contributed by atoms with Gasteiger partial charge < -0.3 is 15.1 Å². The minimum absolute atomic E-state index is 0.180. The van der Waals surface area contributed by atoms with Crippen molar-refractivity contribution < 1.29 is 14.0 Å². The van der Waals surface area contributed by atoms with E-state index >= 15 is 0 Å². The standard InChI is InChI=1S/C24H18N2O3S/c27-23(14-12-20-11-13-21(29-20)17-6-2-1-3-7-17)25-18-8-4-9-19(16-18)26-24(28)22-10-5-15-30-22/h1-16H,(H,25,27)(H,26,28)/b14-12+. The van der Waals surface area contributed by atoms with Crippen molar-refractivity contribution in [2.45, 2.75) is 0 Å². The fourth-order valence-electron chi connectivity index (χ4n) is 2.82. The normalized spacial score (nSPS) is 10.8. The molecule has 148 valence electrons. The Morgan fingerprint density at radius 2 is 1.63 bits per heavy atom. The molecule has 0 unspecified atom stereocenters. The van der Waals surface area contributed by atoms with E-state index in [0.29, 0.717) is 22.0 Å². The van der Waals surface area contributed by atoms with Crippen molar-refractivity contribution in [1.29, 1.82) is 0 Å². The van der Waals surface area contributed by atoms with Crippen LogP contribution in [-0.2, 0) is 4.79 Å². The van der Waals surface area contributed by atoms with Gasteiger partial charge in [-0.2, -0.15) is 0 Å². The number of furan rings is 1. The molecule has 0 saturated heterocycles. The van der Waals surface area contributed by atoms with Crippen LogP contribution in [0, 0.1) is 0 Å². The van der Waals surface area contributed by atoms with Crippen molar-refractivity contribution in [2.24, 2.45) is 0 Å². The van der Waals surface area contributed by atoms with E-state index < -0.39 is 0 Å². The molecule has 0 fully saturated rings. The molecule has 0 radical (unpaired) electrons. The summed E-state index contributed by atoms with van der Waals surface area (Å²) in [6, 6.07) is 24.0. The summed E-state index contributed by atoms with van der Waals surface area (Å²) in [5.74, 6) is 0.848. The van der Waals surface area contributed by atoms with Gasteiger partial charge in [-0.05, 0) is 47.9 Å². The summed E-state index contributed by atoms with van der Waals surface area (Å²) >= 11 is 1.37. The zero-order valence-corrected chi connectivity index (χ0v) is 16.7. The van der Waals surface area contributed by atoms with Gasteiger partial charge in [-0.25, -0.2) is 0 Å². The average Bonchev–Trinajstić information content (AvgIpc) is 3.46. The smallest absolute Gasteiger partial charge is 0.265 e. The van der Waals surface area contributed by atoms with Crippen LogP contribution in [0.5, 0.6) is 0 Å². The molecule has 4 rings (SSSR count). The van der Waals surface area contributed by atoms with Gasteiger partial charge in [0, 0.05) is 23.0 Å². The van der Waals surface area contributed by atoms with Gasteiger partial charge >= 0.3 is 0 Å². The van der Waals surface area contributed by atoms with Crippen LogP contribution in [-0.4, -0.2) is 11.8 Å². The summed E-state index contributed by atoms with van der Waals surface area (Å²) in [6.07, 6.45) is 3.02. The number of carbonyl (C=O) groups is 2. The predicted molar refractivity (Wildman–Crippen MR) is 121 cm³/mol. The Kier molecular flexibility index (Phi) is 5.87. The van der Waals surface area contributed by atoms with Crippen LogP contribution in [0.4, 0.5) is 11.4 Å². The number of anilines is 2. The Morgan fingerprint density at radius 1 is 0.833 bits per heavy atom. The summed E-state index contributed by atoms with van der Waals surface area (Å²) < 4.78 is 5.76. The Bertz CT molecular complexity index is 1180. The van der Waals surface area contributed by atoms with Crippen molar-refractivity contribution in [3.05, 3.63) is 101 Å². The van der Waals surface area contributed by atoms with Crippen LogP contribution in [0.15, 0.2) is 94.7 Å². The summed E-state index contributed by atoms with van der Waals surface area (Å²) in [5.41, 5.74) is 2.16. The molecule has 0 saturated carbocycles. The van der Waals surface area contributed by atoms with E-state index in [0.717, 1.165) is 11.3 Å². The predicted octanol–water partition coefficient (Wildman–Crippen LogP) is 5.91. The molecule has 0 aliphatic rings. The minimum Gasteiger partial charge on any atom is -0.457 e. The fourth-order valence-corrected chi connectivity index (χ4v) is 3.44. The second-order valence-electron chi connectivity index (χ2n) is 6.40. The first-order chi connectivity index (χ1) is 14.7. The first-order valence-corrected chi connectivity index (χ1v) is 10.1. The zero-order valence-electron chi connectivity index (χ0n) is 15.9. The molecule has 4 aromatic rings. The van der Waals surface area contributed by atoms with Crippen LogP contribution >= 0.6 is 11.3 Å².